The number of hydrogen-bond acceptors (Lipinski definition) is 9. The third-order valence-electron chi connectivity index (χ3n) is 8.40. The average Bonchev–Trinajstić information content (AvgIpc) is 3.20. The van der Waals surface area contributed by atoms with Gasteiger partial charge in [-0.15, -0.1) is 0 Å². The highest BCUT2D eigenvalue weighted by atomic mass is 19.4. The van der Waals surface area contributed by atoms with Crippen molar-refractivity contribution in [2.75, 3.05) is 19.8 Å². The van der Waals surface area contributed by atoms with Gasteiger partial charge in [0.1, 0.15) is 22.8 Å². The van der Waals surface area contributed by atoms with E-state index in [1.54, 1.807) is 12.1 Å². The van der Waals surface area contributed by atoms with E-state index in [0.717, 1.165) is 49.9 Å². The topological polar surface area (TPSA) is 114 Å². The second kappa shape index (κ2) is 21.0. The van der Waals surface area contributed by atoms with Crippen LogP contribution in [-0.4, -0.2) is 79.7 Å². The van der Waals surface area contributed by atoms with E-state index in [1.165, 1.54) is 49.2 Å². The predicted molar refractivity (Wildman–Crippen MR) is 190 cm³/mol. The summed E-state index contributed by atoms with van der Waals surface area (Å²) in [5.41, 5.74) is -2.83. The zero-order valence-electron chi connectivity index (χ0n) is 32.3. The molecule has 3 aromatic carbocycles. The smallest absolute Gasteiger partial charge is 0.460 e. The van der Waals surface area contributed by atoms with Gasteiger partial charge in [-0.25, -0.2) is 19.2 Å². The summed E-state index contributed by atoms with van der Waals surface area (Å²) in [6.07, 6.45) is -7.18. The SMILES string of the molecule is CCCCCCCCOc1ccc(OC(=O)c2ccc(OC(=O)c3ccc(C=C(C(=O)OCC(F)(F)C(F)(F)C(F)(F)F)C(=O)OCC(F)(F)C(F)(F)C(F)(F)F)cc3)cc2)cc1. The zero-order valence-corrected chi connectivity index (χ0v) is 32.3. The first-order valence-electron chi connectivity index (χ1n) is 18.2. The molecule has 0 aliphatic heterocycles. The van der Waals surface area contributed by atoms with Crippen LogP contribution in [0.1, 0.15) is 71.7 Å². The molecular weight excluding hydrogens is 890 g/mol. The Morgan fingerprint density at radius 1 is 0.492 bits per heavy atom. The van der Waals surface area contributed by atoms with Crippen LogP contribution in [0.5, 0.6) is 17.2 Å². The van der Waals surface area contributed by atoms with Crippen LogP contribution >= 0.6 is 0 Å². The zero-order chi connectivity index (χ0) is 47.4. The highest BCUT2D eigenvalue weighted by Gasteiger charge is 2.74. The van der Waals surface area contributed by atoms with Gasteiger partial charge in [0.05, 0.1) is 17.7 Å². The van der Waals surface area contributed by atoms with Crippen LogP contribution < -0.4 is 14.2 Å². The standard InChI is InChI=1S/C40H34F14O9/c1-2-3-4-5-6-7-20-59-27-16-18-29(19-17-27)63-32(56)26-12-14-28(15-13-26)62-31(55)25-10-8-24(9-11-25)21-30(33(57)60-22-35(41,42)37(45,46)39(49,50)51)34(58)61-23-36(43,44)38(47,48)40(52,53)54/h8-19,21H,2-7,20,22-23H2,1H3. The number of esters is 4. The van der Waals surface area contributed by atoms with E-state index < -0.39 is 84.3 Å². The van der Waals surface area contributed by atoms with E-state index in [2.05, 4.69) is 16.4 Å². The maximum Gasteiger partial charge on any atom is 0.460 e. The molecule has 0 heterocycles. The van der Waals surface area contributed by atoms with Gasteiger partial charge in [0.2, 0.25) is 0 Å². The van der Waals surface area contributed by atoms with Gasteiger partial charge >= 0.3 is 59.9 Å². The summed E-state index contributed by atoms with van der Waals surface area (Å²) in [7, 11) is 0. The molecule has 3 rings (SSSR count). The van der Waals surface area contributed by atoms with Crippen molar-refractivity contribution in [1.29, 1.82) is 0 Å². The summed E-state index contributed by atoms with van der Waals surface area (Å²) in [4.78, 5) is 50.3. The van der Waals surface area contributed by atoms with Crippen LogP contribution in [-0.2, 0) is 19.1 Å². The Morgan fingerprint density at radius 3 is 1.27 bits per heavy atom. The molecule has 0 aliphatic rings. The first-order valence-corrected chi connectivity index (χ1v) is 18.2. The maximum atomic E-state index is 13.7. The predicted octanol–water partition coefficient (Wildman–Crippen LogP) is 11.0. The van der Waals surface area contributed by atoms with Crippen LogP contribution in [0, 0.1) is 0 Å². The van der Waals surface area contributed by atoms with E-state index in [0.29, 0.717) is 12.4 Å². The summed E-state index contributed by atoms with van der Waals surface area (Å²) in [6.45, 7) is -3.62. The highest BCUT2D eigenvalue weighted by molar-refractivity contribution is 6.17. The normalized spacial score (nSPS) is 12.6. The molecule has 0 aromatic heterocycles. The van der Waals surface area contributed by atoms with Crippen molar-refractivity contribution in [1.82, 2.24) is 0 Å². The van der Waals surface area contributed by atoms with Gasteiger partial charge in [-0.2, -0.15) is 61.5 Å². The molecule has 63 heavy (non-hydrogen) atoms. The number of benzene rings is 3. The minimum Gasteiger partial charge on any atom is -0.494 e. The molecule has 0 fully saturated rings. The Hall–Kier alpha value is -5.90. The summed E-state index contributed by atoms with van der Waals surface area (Å²) >= 11 is 0. The fraction of sp³-hybridized carbons (Fsp3) is 0.400. The first-order chi connectivity index (χ1) is 29.1. The van der Waals surface area contributed by atoms with E-state index in [1.807, 2.05) is 0 Å². The van der Waals surface area contributed by atoms with Crippen molar-refractivity contribution in [3.63, 3.8) is 0 Å². The minimum atomic E-state index is -6.92. The molecule has 0 spiro atoms. The number of carbonyl (C=O) groups excluding carboxylic acids is 4. The Balaban J connectivity index is 1.70. The molecule has 0 amide bonds. The number of alkyl halides is 14. The number of carbonyl (C=O) groups is 4. The molecule has 0 radical (unpaired) electrons. The van der Waals surface area contributed by atoms with Crippen molar-refractivity contribution < 1.29 is 104 Å². The minimum absolute atomic E-state index is 0.0257. The monoisotopic (exact) mass is 924 g/mol. The fourth-order valence-electron chi connectivity index (χ4n) is 4.81. The van der Waals surface area contributed by atoms with Gasteiger partial charge in [-0.1, -0.05) is 51.2 Å². The molecular formula is C40H34F14O9. The molecule has 0 bridgehead atoms. The molecule has 0 N–H and O–H groups in total. The maximum absolute atomic E-state index is 13.7. The molecule has 0 saturated heterocycles. The van der Waals surface area contributed by atoms with Gasteiger partial charge < -0.3 is 23.7 Å². The van der Waals surface area contributed by atoms with Crippen LogP contribution in [0.3, 0.4) is 0 Å². The molecule has 0 unspecified atom stereocenters. The van der Waals surface area contributed by atoms with Crippen LogP contribution in [0.2, 0.25) is 0 Å². The van der Waals surface area contributed by atoms with Crippen molar-refractivity contribution in [3.8, 4) is 17.2 Å². The second-order valence-corrected chi connectivity index (χ2v) is 13.3. The first kappa shape index (κ1) is 51.5. The third-order valence-corrected chi connectivity index (χ3v) is 8.40. The van der Waals surface area contributed by atoms with E-state index in [4.69, 9.17) is 14.2 Å². The number of halogens is 14. The van der Waals surface area contributed by atoms with Crippen LogP contribution in [0.4, 0.5) is 61.5 Å². The van der Waals surface area contributed by atoms with Gasteiger partial charge in [0.25, 0.3) is 0 Å². The van der Waals surface area contributed by atoms with Crippen molar-refractivity contribution in [3.05, 3.63) is 95.1 Å². The average molecular weight is 925 g/mol. The van der Waals surface area contributed by atoms with E-state index in [-0.39, 0.29) is 28.7 Å². The Kier molecular flexibility index (Phi) is 17.1. The Labute approximate surface area is 347 Å². The number of ether oxygens (including phenoxy) is 5. The number of rotatable bonds is 21. The summed E-state index contributed by atoms with van der Waals surface area (Å²) < 4.78 is 207. The Bertz CT molecular complexity index is 1990. The number of hydrogen-bond donors (Lipinski definition) is 0. The van der Waals surface area contributed by atoms with Gasteiger partial charge in [0.15, 0.2) is 13.2 Å². The molecule has 0 aliphatic carbocycles. The molecule has 3 aromatic rings. The lowest BCUT2D eigenvalue weighted by atomic mass is 10.1. The lowest BCUT2D eigenvalue weighted by molar-refractivity contribution is -0.359. The molecule has 9 nitrogen and oxygen atoms in total. The summed E-state index contributed by atoms with van der Waals surface area (Å²) in [5.74, 6) is -32.7. The van der Waals surface area contributed by atoms with Gasteiger partial charge in [-0.05, 0) is 78.7 Å². The largest absolute Gasteiger partial charge is 0.494 e. The second-order valence-electron chi connectivity index (χ2n) is 13.3. The van der Waals surface area contributed by atoms with Crippen molar-refractivity contribution in [2.45, 2.75) is 81.5 Å². The van der Waals surface area contributed by atoms with E-state index >= 15 is 0 Å². The van der Waals surface area contributed by atoms with E-state index in [9.17, 15) is 80.6 Å². The molecule has 0 saturated carbocycles. The third kappa shape index (κ3) is 13.8. The molecule has 23 heteroatoms. The van der Waals surface area contributed by atoms with Gasteiger partial charge in [0, 0.05) is 0 Å². The lowest BCUT2D eigenvalue weighted by Gasteiger charge is -2.28. The van der Waals surface area contributed by atoms with Gasteiger partial charge in [-0.3, -0.25) is 0 Å². The van der Waals surface area contributed by atoms with Crippen LogP contribution in [0.25, 0.3) is 6.08 Å². The summed E-state index contributed by atoms with van der Waals surface area (Å²) in [6, 6.07) is 14.4. The lowest BCUT2D eigenvalue weighted by Crippen LogP contribution is -2.54. The highest BCUT2D eigenvalue weighted by Crippen LogP contribution is 2.48. The Morgan fingerprint density at radius 2 is 0.857 bits per heavy atom. The van der Waals surface area contributed by atoms with Crippen LogP contribution in [0.15, 0.2) is 78.4 Å². The van der Waals surface area contributed by atoms with Crippen molar-refractivity contribution in [2.24, 2.45) is 0 Å². The summed E-state index contributed by atoms with van der Waals surface area (Å²) in [5, 5.41) is 0. The molecule has 346 valence electrons. The number of unbranched alkanes of at least 4 members (excludes halogenated alkanes) is 5. The fourth-order valence-corrected chi connectivity index (χ4v) is 4.81. The van der Waals surface area contributed by atoms with Crippen molar-refractivity contribution >= 4 is 30.0 Å². The molecule has 0 atom stereocenters. The quantitative estimate of drug-likeness (QED) is 0.0196.